The second-order valence-corrected chi connectivity index (χ2v) is 5.89. The molecule has 134 valence electrons. The molecule has 24 heavy (non-hydrogen) atoms. The highest BCUT2D eigenvalue weighted by Gasteiger charge is 2.38. The van der Waals surface area contributed by atoms with Gasteiger partial charge in [-0.2, -0.15) is 18.3 Å². The first-order valence-corrected chi connectivity index (χ1v) is 7.39. The highest BCUT2D eigenvalue weighted by Crippen LogP contribution is 2.26. The van der Waals surface area contributed by atoms with Crippen LogP contribution in [-0.2, 0) is 36.3 Å². The van der Waals surface area contributed by atoms with E-state index in [4.69, 9.17) is 9.90 Å². The minimum Gasteiger partial charge on any atom is -0.475 e. The van der Waals surface area contributed by atoms with Gasteiger partial charge in [-0.3, -0.25) is 14.4 Å². The van der Waals surface area contributed by atoms with E-state index in [1.54, 1.807) is 0 Å². The van der Waals surface area contributed by atoms with Crippen LogP contribution in [0, 0.1) is 0 Å². The molecule has 0 saturated carbocycles. The van der Waals surface area contributed by atoms with Crippen LogP contribution in [-0.4, -0.2) is 56.3 Å². The number of amides is 1. The fourth-order valence-electron chi connectivity index (χ4n) is 2.80. The van der Waals surface area contributed by atoms with Crippen LogP contribution in [0.25, 0.3) is 0 Å². The molecule has 10 heteroatoms. The molecule has 1 fully saturated rings. The van der Waals surface area contributed by atoms with Crippen LogP contribution in [0.3, 0.4) is 0 Å². The third kappa shape index (κ3) is 4.05. The van der Waals surface area contributed by atoms with Gasteiger partial charge in [0.2, 0.25) is 5.91 Å². The van der Waals surface area contributed by atoms with Crippen molar-refractivity contribution in [2.75, 3.05) is 13.6 Å². The fraction of sp³-hybridized carbons (Fsp3) is 0.643. The zero-order chi connectivity index (χ0) is 18.1. The first kappa shape index (κ1) is 18.2. The number of aromatic nitrogens is 2. The molecule has 7 nitrogen and oxygen atoms in total. The standard InChI is InChI=1S/C12H18N4O.C2HF3O2/c1-14-6-9-10(13-15(2)11(9)8-14)7-16-5-3-4-12(16)17;3-2(4,5)1(6)7/h3-8H2,1-2H3;(H,6,7). The summed E-state index contributed by atoms with van der Waals surface area (Å²) in [5.41, 5.74) is 3.71. The quantitative estimate of drug-likeness (QED) is 0.867. The number of carbonyl (C=O) groups excluding carboxylic acids is 1. The molecule has 0 aliphatic carbocycles. The first-order valence-electron chi connectivity index (χ1n) is 7.39. The minimum atomic E-state index is -5.08. The molecule has 0 unspecified atom stereocenters. The largest absolute Gasteiger partial charge is 0.490 e. The van der Waals surface area contributed by atoms with Crippen LogP contribution >= 0.6 is 0 Å². The number of hydrogen-bond donors (Lipinski definition) is 1. The van der Waals surface area contributed by atoms with Gasteiger partial charge in [-0.15, -0.1) is 0 Å². The lowest BCUT2D eigenvalue weighted by Gasteiger charge is -2.14. The number of alkyl halides is 3. The number of hydrogen-bond acceptors (Lipinski definition) is 4. The first-order chi connectivity index (χ1) is 11.1. The van der Waals surface area contributed by atoms with Gasteiger partial charge in [-0.1, -0.05) is 0 Å². The third-order valence-corrected chi connectivity index (χ3v) is 3.96. The average molecular weight is 348 g/mol. The smallest absolute Gasteiger partial charge is 0.475 e. The van der Waals surface area contributed by atoms with E-state index in [1.165, 1.54) is 11.3 Å². The highest BCUT2D eigenvalue weighted by atomic mass is 19.4. The molecule has 0 atom stereocenters. The van der Waals surface area contributed by atoms with Crippen molar-refractivity contribution in [2.24, 2.45) is 7.05 Å². The van der Waals surface area contributed by atoms with Crippen molar-refractivity contribution in [1.29, 1.82) is 0 Å². The van der Waals surface area contributed by atoms with Crippen molar-refractivity contribution >= 4 is 11.9 Å². The van der Waals surface area contributed by atoms with E-state index in [2.05, 4.69) is 17.0 Å². The number of aliphatic carboxylic acids is 1. The fourth-order valence-corrected chi connectivity index (χ4v) is 2.80. The molecule has 0 bridgehead atoms. The van der Waals surface area contributed by atoms with E-state index in [9.17, 15) is 18.0 Å². The Kier molecular flexibility index (Phi) is 5.16. The van der Waals surface area contributed by atoms with Crippen LogP contribution in [0.5, 0.6) is 0 Å². The van der Waals surface area contributed by atoms with Gasteiger partial charge in [0.25, 0.3) is 0 Å². The van der Waals surface area contributed by atoms with Crippen molar-refractivity contribution in [3.8, 4) is 0 Å². The van der Waals surface area contributed by atoms with E-state index in [1.807, 2.05) is 16.6 Å². The molecule has 2 aliphatic heterocycles. The van der Waals surface area contributed by atoms with Crippen LogP contribution in [0.2, 0.25) is 0 Å². The van der Waals surface area contributed by atoms with Crippen molar-refractivity contribution in [3.05, 3.63) is 17.0 Å². The van der Waals surface area contributed by atoms with Crippen molar-refractivity contribution in [1.82, 2.24) is 19.6 Å². The second-order valence-electron chi connectivity index (χ2n) is 5.89. The number of halogens is 3. The number of aryl methyl sites for hydroxylation is 1. The molecular weight excluding hydrogens is 329 g/mol. The Morgan fingerprint density at radius 1 is 1.29 bits per heavy atom. The maximum Gasteiger partial charge on any atom is 0.490 e. The Hall–Kier alpha value is -2.10. The number of likely N-dealkylation sites (tertiary alicyclic amines) is 1. The molecule has 0 radical (unpaired) electrons. The molecule has 0 aromatic carbocycles. The summed E-state index contributed by atoms with van der Waals surface area (Å²) in [4.78, 5) is 24.7. The number of fused-ring (bicyclic) bond motifs is 1. The van der Waals surface area contributed by atoms with Crippen molar-refractivity contribution in [3.63, 3.8) is 0 Å². The Morgan fingerprint density at radius 3 is 2.42 bits per heavy atom. The normalized spacial score (nSPS) is 17.7. The molecule has 0 spiro atoms. The SMILES string of the molecule is CN1Cc2c(CN3CCCC3=O)nn(C)c2C1.O=C(O)C(F)(F)F. The van der Waals surface area contributed by atoms with E-state index >= 15 is 0 Å². The van der Waals surface area contributed by atoms with Gasteiger partial charge >= 0.3 is 12.1 Å². The molecule has 3 heterocycles. The van der Waals surface area contributed by atoms with Gasteiger partial charge in [0, 0.05) is 38.7 Å². The molecule has 1 amide bonds. The Morgan fingerprint density at radius 2 is 1.92 bits per heavy atom. The van der Waals surface area contributed by atoms with Gasteiger partial charge in [-0.05, 0) is 13.5 Å². The van der Waals surface area contributed by atoms with E-state index < -0.39 is 12.1 Å². The van der Waals surface area contributed by atoms with Gasteiger partial charge in [-0.25, -0.2) is 4.79 Å². The lowest BCUT2D eigenvalue weighted by molar-refractivity contribution is -0.192. The minimum absolute atomic E-state index is 0.274. The lowest BCUT2D eigenvalue weighted by atomic mass is 10.2. The summed E-state index contributed by atoms with van der Waals surface area (Å²) in [6, 6.07) is 0. The maximum absolute atomic E-state index is 11.6. The monoisotopic (exact) mass is 348 g/mol. The summed E-state index contributed by atoms with van der Waals surface area (Å²) in [5, 5.41) is 11.7. The van der Waals surface area contributed by atoms with E-state index in [-0.39, 0.29) is 5.91 Å². The topological polar surface area (TPSA) is 78.7 Å². The number of carboxylic acid groups (broad SMARTS) is 1. The van der Waals surface area contributed by atoms with Gasteiger partial charge < -0.3 is 10.0 Å². The van der Waals surface area contributed by atoms with Gasteiger partial charge in [0.15, 0.2) is 0 Å². The second kappa shape index (κ2) is 6.80. The summed E-state index contributed by atoms with van der Waals surface area (Å²) < 4.78 is 33.7. The molecule has 3 rings (SSSR count). The predicted octanol–water partition coefficient (Wildman–Crippen LogP) is 1.12. The number of carbonyl (C=O) groups is 2. The molecule has 1 saturated heterocycles. The molecule has 1 aromatic heterocycles. The summed E-state index contributed by atoms with van der Waals surface area (Å²) in [6.07, 6.45) is -3.39. The third-order valence-electron chi connectivity index (χ3n) is 3.96. The summed E-state index contributed by atoms with van der Waals surface area (Å²) in [5.74, 6) is -2.48. The Balaban J connectivity index is 0.000000256. The van der Waals surface area contributed by atoms with Crippen molar-refractivity contribution in [2.45, 2.75) is 38.7 Å². The Bertz CT molecular complexity index is 642. The molecular formula is C14H19F3N4O3. The van der Waals surface area contributed by atoms with Crippen LogP contribution in [0.4, 0.5) is 13.2 Å². The molecule has 2 aliphatic rings. The molecule has 1 N–H and O–H groups in total. The number of carboxylic acids is 1. The highest BCUT2D eigenvalue weighted by molar-refractivity contribution is 5.78. The van der Waals surface area contributed by atoms with Crippen molar-refractivity contribution < 1.29 is 27.9 Å². The van der Waals surface area contributed by atoms with Crippen LogP contribution in [0.1, 0.15) is 29.8 Å². The summed E-state index contributed by atoms with van der Waals surface area (Å²) >= 11 is 0. The number of nitrogens with zero attached hydrogens (tertiary/aromatic N) is 4. The summed E-state index contributed by atoms with van der Waals surface area (Å²) in [6.45, 7) is 3.50. The van der Waals surface area contributed by atoms with E-state index in [0.717, 1.165) is 31.7 Å². The molecule has 1 aromatic rings. The average Bonchev–Trinajstić information content (AvgIpc) is 3.10. The summed E-state index contributed by atoms with van der Waals surface area (Å²) in [7, 11) is 4.11. The zero-order valence-electron chi connectivity index (χ0n) is 13.4. The maximum atomic E-state index is 11.6. The van der Waals surface area contributed by atoms with Crippen LogP contribution < -0.4 is 0 Å². The van der Waals surface area contributed by atoms with Gasteiger partial charge in [0.1, 0.15) is 0 Å². The van der Waals surface area contributed by atoms with E-state index in [0.29, 0.717) is 13.0 Å². The van der Waals surface area contributed by atoms with Gasteiger partial charge in [0.05, 0.1) is 17.9 Å². The Labute approximate surface area is 136 Å². The predicted molar refractivity (Wildman–Crippen MR) is 76.7 cm³/mol. The van der Waals surface area contributed by atoms with Crippen LogP contribution in [0.15, 0.2) is 0 Å². The lowest BCUT2D eigenvalue weighted by Crippen LogP contribution is -2.25. The number of rotatable bonds is 2. The zero-order valence-corrected chi connectivity index (χ0v) is 13.4.